The van der Waals surface area contributed by atoms with Gasteiger partial charge in [-0.3, -0.25) is 4.90 Å². The number of alkyl halides is 3. The largest absolute Gasteiger partial charge is 0.416 e. The zero-order valence-corrected chi connectivity index (χ0v) is 13.0. The summed E-state index contributed by atoms with van der Waals surface area (Å²) in [5, 5.41) is 0. The van der Waals surface area contributed by atoms with Crippen LogP contribution in [0.5, 0.6) is 0 Å². The van der Waals surface area contributed by atoms with Gasteiger partial charge in [0.15, 0.2) is 0 Å². The Hall–Kier alpha value is -2.70. The molecule has 2 aromatic carbocycles. The molecule has 0 aromatic heterocycles. The van der Waals surface area contributed by atoms with Crippen molar-refractivity contribution in [1.29, 1.82) is 0 Å². The van der Waals surface area contributed by atoms with Crippen LogP contribution in [-0.4, -0.2) is 18.0 Å². The number of urea groups is 1. The summed E-state index contributed by atoms with van der Waals surface area (Å²) >= 11 is 0. The van der Waals surface area contributed by atoms with Crippen molar-refractivity contribution in [3.05, 3.63) is 59.2 Å². The fourth-order valence-corrected chi connectivity index (χ4v) is 2.81. The average Bonchev–Trinajstić information content (AvgIpc) is 2.51. The van der Waals surface area contributed by atoms with Crippen molar-refractivity contribution in [3.8, 4) is 0 Å². The second-order valence-corrected chi connectivity index (χ2v) is 5.81. The number of halogens is 3. The van der Waals surface area contributed by atoms with Crippen molar-refractivity contribution >= 4 is 17.4 Å². The Labute approximate surface area is 137 Å². The van der Waals surface area contributed by atoms with E-state index in [1.807, 2.05) is 0 Å². The lowest BCUT2D eigenvalue weighted by molar-refractivity contribution is -0.137. The van der Waals surface area contributed by atoms with Gasteiger partial charge < -0.3 is 10.6 Å². The van der Waals surface area contributed by atoms with Crippen LogP contribution in [0, 0.1) is 0 Å². The molecule has 2 N–H and O–H groups in total. The molecule has 4 nitrogen and oxygen atoms in total. The molecule has 3 rings (SSSR count). The first-order valence-corrected chi connectivity index (χ1v) is 7.33. The zero-order valence-electron chi connectivity index (χ0n) is 13.0. The summed E-state index contributed by atoms with van der Waals surface area (Å²) in [6.07, 6.45) is -4.41. The van der Waals surface area contributed by atoms with Gasteiger partial charge in [-0.1, -0.05) is 12.1 Å². The Morgan fingerprint density at radius 1 is 1.17 bits per heavy atom. The molecule has 0 radical (unpaired) electrons. The fraction of sp³-hybridized carbons (Fsp3) is 0.235. The van der Waals surface area contributed by atoms with E-state index in [9.17, 15) is 18.0 Å². The number of carbonyl (C=O) groups excluding carboxylic acids is 1. The topological polar surface area (TPSA) is 49.6 Å². The normalized spacial score (nSPS) is 14.8. The molecule has 0 atom stereocenters. The van der Waals surface area contributed by atoms with Crippen LogP contribution in [0.15, 0.2) is 42.5 Å². The van der Waals surface area contributed by atoms with E-state index in [0.29, 0.717) is 23.5 Å². The number of fused-ring (bicyclic) bond motifs is 1. The van der Waals surface area contributed by atoms with Gasteiger partial charge in [0.25, 0.3) is 0 Å². The summed E-state index contributed by atoms with van der Waals surface area (Å²) in [6.45, 7) is 0.475. The second-order valence-electron chi connectivity index (χ2n) is 5.81. The standard InChI is InChI=1S/C17H16F3N3O/c1-22-10-12-8-14(21)5-6-15(12)23(16(22)24)9-11-3-2-4-13(7-11)17(18,19)20/h2-8H,9-10,21H2,1H3. The average molecular weight is 335 g/mol. The fourth-order valence-electron chi connectivity index (χ4n) is 2.81. The molecule has 0 fully saturated rings. The molecule has 0 bridgehead atoms. The molecule has 2 amide bonds. The van der Waals surface area contributed by atoms with Gasteiger partial charge in [0.05, 0.1) is 17.8 Å². The second kappa shape index (κ2) is 5.74. The number of hydrogen-bond acceptors (Lipinski definition) is 2. The van der Waals surface area contributed by atoms with E-state index < -0.39 is 11.7 Å². The lowest BCUT2D eigenvalue weighted by Gasteiger charge is -2.35. The molecule has 0 spiro atoms. The van der Waals surface area contributed by atoms with Crippen molar-refractivity contribution in [2.75, 3.05) is 17.7 Å². The van der Waals surface area contributed by atoms with E-state index in [1.54, 1.807) is 31.3 Å². The minimum absolute atomic E-state index is 0.0595. The zero-order chi connectivity index (χ0) is 17.5. The number of anilines is 2. The van der Waals surface area contributed by atoms with Crippen LogP contribution < -0.4 is 10.6 Å². The first-order valence-electron chi connectivity index (χ1n) is 7.33. The number of nitrogens with two attached hydrogens (primary N) is 1. The van der Waals surface area contributed by atoms with Crippen LogP contribution in [0.4, 0.5) is 29.3 Å². The summed E-state index contributed by atoms with van der Waals surface area (Å²) in [4.78, 5) is 15.4. The van der Waals surface area contributed by atoms with Crippen molar-refractivity contribution in [1.82, 2.24) is 4.90 Å². The Bertz CT molecular complexity index is 789. The summed E-state index contributed by atoms with van der Waals surface area (Å²) < 4.78 is 38.6. The summed E-state index contributed by atoms with van der Waals surface area (Å²) in [5.41, 5.74) is 7.58. The molecule has 0 unspecified atom stereocenters. The van der Waals surface area contributed by atoms with Crippen molar-refractivity contribution in [2.24, 2.45) is 0 Å². The highest BCUT2D eigenvalue weighted by molar-refractivity contribution is 5.95. The van der Waals surface area contributed by atoms with Gasteiger partial charge in [-0.15, -0.1) is 0 Å². The van der Waals surface area contributed by atoms with Crippen molar-refractivity contribution in [3.63, 3.8) is 0 Å². The molecule has 1 aliphatic heterocycles. The highest BCUT2D eigenvalue weighted by Crippen LogP contribution is 2.33. The quantitative estimate of drug-likeness (QED) is 0.847. The summed E-state index contributed by atoms with van der Waals surface area (Å²) in [7, 11) is 1.65. The third-order valence-corrected chi connectivity index (χ3v) is 3.95. The SMILES string of the molecule is CN1Cc2cc(N)ccc2N(Cc2cccc(C(F)(F)F)c2)C1=O. The summed E-state index contributed by atoms with van der Waals surface area (Å²) in [5.74, 6) is 0. The van der Waals surface area contributed by atoms with Crippen LogP contribution in [0.2, 0.25) is 0 Å². The summed E-state index contributed by atoms with van der Waals surface area (Å²) in [6, 6.07) is 9.93. The minimum atomic E-state index is -4.41. The van der Waals surface area contributed by atoms with E-state index >= 15 is 0 Å². The Kier molecular flexibility index (Phi) is 3.87. The first kappa shape index (κ1) is 16.2. The highest BCUT2D eigenvalue weighted by Gasteiger charge is 2.32. The predicted octanol–water partition coefficient (Wildman–Crippen LogP) is 3.86. The van der Waals surface area contributed by atoms with Crippen molar-refractivity contribution < 1.29 is 18.0 Å². The van der Waals surface area contributed by atoms with Crippen LogP contribution >= 0.6 is 0 Å². The maximum absolute atomic E-state index is 12.9. The predicted molar refractivity (Wildman–Crippen MR) is 85.3 cm³/mol. The molecule has 24 heavy (non-hydrogen) atoms. The molecule has 0 aliphatic carbocycles. The molecule has 7 heteroatoms. The van der Waals surface area contributed by atoms with Crippen molar-refractivity contribution in [2.45, 2.75) is 19.3 Å². The number of benzene rings is 2. The number of amides is 2. The van der Waals surface area contributed by atoms with Crippen LogP contribution in [0.3, 0.4) is 0 Å². The molecule has 2 aromatic rings. The third-order valence-electron chi connectivity index (χ3n) is 3.95. The number of carbonyl (C=O) groups is 1. The smallest absolute Gasteiger partial charge is 0.399 e. The van der Waals surface area contributed by atoms with Gasteiger partial charge in [0.2, 0.25) is 0 Å². The van der Waals surface area contributed by atoms with Gasteiger partial charge >= 0.3 is 12.2 Å². The molecule has 0 saturated carbocycles. The van der Waals surface area contributed by atoms with Crippen LogP contribution in [0.1, 0.15) is 16.7 Å². The number of hydrogen-bond donors (Lipinski definition) is 1. The van der Waals surface area contributed by atoms with E-state index in [-0.39, 0.29) is 12.6 Å². The van der Waals surface area contributed by atoms with E-state index in [1.165, 1.54) is 15.9 Å². The Morgan fingerprint density at radius 2 is 1.92 bits per heavy atom. The van der Waals surface area contributed by atoms with Gasteiger partial charge in [-0.25, -0.2) is 4.79 Å². The van der Waals surface area contributed by atoms with E-state index in [2.05, 4.69) is 0 Å². The maximum Gasteiger partial charge on any atom is 0.416 e. The van der Waals surface area contributed by atoms with Crippen LogP contribution in [0.25, 0.3) is 0 Å². The number of rotatable bonds is 2. The third kappa shape index (κ3) is 3.02. The number of nitrogen functional groups attached to an aromatic ring is 1. The monoisotopic (exact) mass is 335 g/mol. The molecule has 1 aliphatic rings. The van der Waals surface area contributed by atoms with Gasteiger partial charge in [-0.2, -0.15) is 13.2 Å². The number of nitrogens with zero attached hydrogens (tertiary/aromatic N) is 2. The Balaban J connectivity index is 1.96. The minimum Gasteiger partial charge on any atom is -0.399 e. The van der Waals surface area contributed by atoms with Gasteiger partial charge in [0, 0.05) is 19.3 Å². The molecular formula is C17H16F3N3O. The lowest BCUT2D eigenvalue weighted by atomic mass is 10.1. The van der Waals surface area contributed by atoms with Gasteiger partial charge in [-0.05, 0) is 41.5 Å². The maximum atomic E-state index is 12.9. The highest BCUT2D eigenvalue weighted by atomic mass is 19.4. The van der Waals surface area contributed by atoms with E-state index in [0.717, 1.165) is 17.7 Å². The molecule has 0 saturated heterocycles. The lowest BCUT2D eigenvalue weighted by Crippen LogP contribution is -2.44. The Morgan fingerprint density at radius 3 is 2.62 bits per heavy atom. The molecule has 1 heterocycles. The van der Waals surface area contributed by atoms with Gasteiger partial charge in [0.1, 0.15) is 0 Å². The van der Waals surface area contributed by atoms with Crippen LogP contribution in [-0.2, 0) is 19.3 Å². The molecular weight excluding hydrogens is 319 g/mol. The van der Waals surface area contributed by atoms with E-state index in [4.69, 9.17) is 5.73 Å². The molecule has 126 valence electrons. The first-order chi connectivity index (χ1) is 11.3.